The molecule has 21 nitrogen and oxygen atoms in total. The second-order valence-electron chi connectivity index (χ2n) is 17.1. The number of ether oxygens (including phenoxy) is 7. The molecule has 0 radical (unpaired) electrons. The molecule has 1 saturated heterocycles. The fourth-order valence-corrected chi connectivity index (χ4v) is 6.96. The quantitative estimate of drug-likeness (QED) is 0.0519. The van der Waals surface area contributed by atoms with Gasteiger partial charge in [0.15, 0.2) is 11.8 Å². The minimum atomic E-state index is -2.84. The number of hydrogen-bond donors (Lipinski definition) is 8. The predicted octanol–water partition coefficient (Wildman–Crippen LogP) is -1.41. The Hall–Kier alpha value is -3.87. The van der Waals surface area contributed by atoms with Crippen molar-refractivity contribution >= 4 is 23.6 Å². The first-order valence-electron chi connectivity index (χ1n) is 18.6. The Labute approximate surface area is 335 Å². The van der Waals surface area contributed by atoms with Crippen LogP contribution in [0.2, 0.25) is 0 Å². The van der Waals surface area contributed by atoms with Crippen molar-refractivity contribution in [3.8, 4) is 0 Å². The Bertz CT molecular complexity index is 1710. The van der Waals surface area contributed by atoms with Crippen molar-refractivity contribution in [3.05, 3.63) is 51.8 Å². The fraction of sp³-hybridized carbons (Fsp3) is 0.703. The molecule has 21 heteroatoms. The Morgan fingerprint density at radius 3 is 2.09 bits per heavy atom. The molecule has 2 aliphatic heterocycles. The van der Waals surface area contributed by atoms with E-state index in [1.54, 1.807) is 41.5 Å². The zero-order chi connectivity index (χ0) is 43.8. The minimum absolute atomic E-state index is 0.102. The van der Waals surface area contributed by atoms with Gasteiger partial charge in [0.1, 0.15) is 53.0 Å². The van der Waals surface area contributed by atoms with Crippen LogP contribution in [-0.2, 0) is 54.1 Å². The molecule has 0 bridgehead atoms. The van der Waals surface area contributed by atoms with Crippen LogP contribution in [0.4, 0.5) is 5.69 Å². The standard InChI is InChI=1S/C37H58N6O15/c1-32(2,3)57-28(46)35(40)14-13-21(16-38)54-31(35)55-26-25(45)37(22(39)15-36(26,41)29(47)58-33(4,5)6,56-27-23(44)24(42-8)34(7,49)18-53-27)30(48)52-17-19-9-11-20(12-10-19)43(50)51/h9-13,22-27,31,42,44-45,49H,14-18,38-41H2,1-8H3/t22-,23-,24-,25+,26+,27-,31-,34+,35+,36+,37+/m1/s1. The van der Waals surface area contributed by atoms with Crippen LogP contribution in [0.1, 0.15) is 66.9 Å². The van der Waals surface area contributed by atoms with Crippen LogP contribution >= 0.6 is 0 Å². The Balaban J connectivity index is 1.89. The number of benzene rings is 1. The van der Waals surface area contributed by atoms with E-state index in [0.717, 1.165) is 0 Å². The van der Waals surface area contributed by atoms with Gasteiger partial charge in [-0.2, -0.15) is 0 Å². The van der Waals surface area contributed by atoms with Gasteiger partial charge in [-0.05, 0) is 85.7 Å². The van der Waals surface area contributed by atoms with E-state index >= 15 is 0 Å². The predicted molar refractivity (Wildman–Crippen MR) is 202 cm³/mol. The molecule has 12 N–H and O–H groups in total. The summed E-state index contributed by atoms with van der Waals surface area (Å²) in [5.41, 5.74) is 14.9. The molecule has 3 aliphatic rings. The van der Waals surface area contributed by atoms with Crippen molar-refractivity contribution < 1.29 is 67.8 Å². The molecule has 0 spiro atoms. The van der Waals surface area contributed by atoms with Gasteiger partial charge in [0, 0.05) is 24.6 Å². The van der Waals surface area contributed by atoms with E-state index in [2.05, 4.69) is 5.32 Å². The number of hydrogen-bond acceptors (Lipinski definition) is 20. The zero-order valence-corrected chi connectivity index (χ0v) is 34.0. The molecule has 1 aromatic rings. The van der Waals surface area contributed by atoms with E-state index in [1.807, 2.05) is 0 Å². The number of likely N-dealkylation sites (N-methyl/N-ethyl adjacent to an activating group) is 1. The highest BCUT2D eigenvalue weighted by Crippen LogP contribution is 2.44. The first kappa shape index (κ1) is 46.8. The highest BCUT2D eigenvalue weighted by molar-refractivity contribution is 5.87. The van der Waals surface area contributed by atoms with Gasteiger partial charge in [-0.1, -0.05) is 0 Å². The third-order valence-corrected chi connectivity index (χ3v) is 10.0. The van der Waals surface area contributed by atoms with Gasteiger partial charge >= 0.3 is 17.9 Å². The van der Waals surface area contributed by atoms with Gasteiger partial charge in [-0.3, -0.25) is 10.1 Å². The molecule has 0 unspecified atom stereocenters. The highest BCUT2D eigenvalue weighted by Gasteiger charge is 2.70. The summed E-state index contributed by atoms with van der Waals surface area (Å²) in [4.78, 5) is 53.1. The molecule has 326 valence electrons. The number of nitrogens with zero attached hydrogens (tertiary/aromatic N) is 1. The molecule has 1 aliphatic carbocycles. The summed E-state index contributed by atoms with van der Waals surface area (Å²) in [6.45, 7) is 9.65. The molecule has 0 aromatic heterocycles. The van der Waals surface area contributed by atoms with Gasteiger partial charge in [0.25, 0.3) is 5.69 Å². The second kappa shape index (κ2) is 17.0. The summed E-state index contributed by atoms with van der Waals surface area (Å²) < 4.78 is 41.2. The second-order valence-corrected chi connectivity index (χ2v) is 17.1. The highest BCUT2D eigenvalue weighted by atomic mass is 16.7. The lowest BCUT2D eigenvalue weighted by Gasteiger charge is -2.55. The van der Waals surface area contributed by atoms with Gasteiger partial charge in [-0.15, -0.1) is 0 Å². The van der Waals surface area contributed by atoms with Crippen molar-refractivity contribution in [3.63, 3.8) is 0 Å². The van der Waals surface area contributed by atoms with E-state index in [4.69, 9.17) is 56.1 Å². The van der Waals surface area contributed by atoms with Crippen LogP contribution in [0.15, 0.2) is 36.1 Å². The monoisotopic (exact) mass is 826 g/mol. The Morgan fingerprint density at radius 2 is 1.57 bits per heavy atom. The number of non-ortho nitro benzene ring substituents is 1. The molecule has 2 heterocycles. The number of aliphatic hydroxyl groups excluding tert-OH is 2. The number of rotatable bonds is 12. The number of nitro groups is 1. The summed E-state index contributed by atoms with van der Waals surface area (Å²) >= 11 is 0. The molecule has 4 rings (SSSR count). The van der Waals surface area contributed by atoms with Crippen LogP contribution in [0.25, 0.3) is 0 Å². The van der Waals surface area contributed by atoms with Crippen LogP contribution in [0.3, 0.4) is 0 Å². The van der Waals surface area contributed by atoms with Crippen LogP contribution in [0.5, 0.6) is 0 Å². The number of nitrogens with one attached hydrogen (secondary N) is 1. The summed E-state index contributed by atoms with van der Waals surface area (Å²) in [6.07, 6.45) is -9.62. The molecule has 0 amide bonds. The molecule has 1 aromatic carbocycles. The normalized spacial score (nSPS) is 35.6. The number of nitro benzene ring substituents is 1. The topological polar surface area (TPSA) is 336 Å². The Morgan fingerprint density at radius 1 is 1.00 bits per heavy atom. The smallest absolute Gasteiger partial charge is 0.343 e. The van der Waals surface area contributed by atoms with Crippen molar-refractivity contribution in [1.82, 2.24) is 5.32 Å². The molecular weight excluding hydrogens is 768 g/mol. The van der Waals surface area contributed by atoms with Crippen molar-refractivity contribution in [2.75, 3.05) is 20.2 Å². The fourth-order valence-electron chi connectivity index (χ4n) is 6.96. The van der Waals surface area contributed by atoms with E-state index in [1.165, 1.54) is 44.3 Å². The van der Waals surface area contributed by atoms with Gasteiger partial charge in [0.05, 0.1) is 24.1 Å². The molecule has 2 fully saturated rings. The maximum atomic E-state index is 14.6. The van der Waals surface area contributed by atoms with E-state index < -0.39 is 119 Å². The molecule has 1 saturated carbocycles. The maximum Gasteiger partial charge on any atom is 0.343 e. The lowest BCUT2D eigenvalue weighted by atomic mass is 9.67. The number of aliphatic hydroxyl groups is 3. The van der Waals surface area contributed by atoms with Gasteiger partial charge < -0.3 is 76.7 Å². The first-order valence-corrected chi connectivity index (χ1v) is 18.6. The minimum Gasteiger partial charge on any atom is -0.466 e. The summed E-state index contributed by atoms with van der Waals surface area (Å²) in [5.74, 6) is -3.44. The van der Waals surface area contributed by atoms with Crippen LogP contribution in [-0.4, -0.2) is 135 Å². The van der Waals surface area contributed by atoms with Crippen molar-refractivity contribution in [1.29, 1.82) is 0 Å². The molecular formula is C37H58N6O15. The average molecular weight is 827 g/mol. The molecule has 58 heavy (non-hydrogen) atoms. The van der Waals surface area contributed by atoms with E-state index in [0.29, 0.717) is 0 Å². The van der Waals surface area contributed by atoms with Crippen molar-refractivity contribution in [2.45, 2.75) is 144 Å². The lowest BCUT2D eigenvalue weighted by Crippen LogP contribution is -2.81. The number of esters is 3. The lowest BCUT2D eigenvalue weighted by molar-refractivity contribution is -0.384. The third-order valence-electron chi connectivity index (χ3n) is 10.0. The van der Waals surface area contributed by atoms with Gasteiger partial charge in [0.2, 0.25) is 11.9 Å². The number of nitrogens with two attached hydrogens (primary N) is 4. The third kappa shape index (κ3) is 9.60. The number of carbonyl (C=O) groups excluding carboxylic acids is 3. The summed E-state index contributed by atoms with van der Waals surface area (Å²) in [7, 11) is 1.45. The van der Waals surface area contributed by atoms with E-state index in [9.17, 15) is 39.8 Å². The summed E-state index contributed by atoms with van der Waals surface area (Å²) in [5, 5.41) is 49.0. The average Bonchev–Trinajstić information content (AvgIpc) is 3.11. The number of carbonyl (C=O) groups is 3. The van der Waals surface area contributed by atoms with E-state index in [-0.39, 0.29) is 30.0 Å². The van der Waals surface area contributed by atoms with Crippen LogP contribution in [0, 0.1) is 10.1 Å². The SMILES string of the molecule is CN[C@@H]1[C@@H](O)[C@@H](O[C@@]2(C(=O)OCc3ccc([N+](=O)[O-])cc3)[C@H](N)C[C@@](N)(C(=O)OC(C)(C)C)[C@@H](O[C@H]3OC(CN)=CC[C@]3(N)C(=O)OC(C)(C)C)[C@@H]2O)OC[C@]1(C)O. The first-order chi connectivity index (χ1) is 26.6. The maximum absolute atomic E-state index is 14.6. The zero-order valence-electron chi connectivity index (χ0n) is 34.0. The van der Waals surface area contributed by atoms with Crippen molar-refractivity contribution in [2.24, 2.45) is 22.9 Å². The van der Waals surface area contributed by atoms with Crippen LogP contribution < -0.4 is 28.3 Å². The van der Waals surface area contributed by atoms with Gasteiger partial charge in [-0.25, -0.2) is 14.4 Å². The summed E-state index contributed by atoms with van der Waals surface area (Å²) in [6, 6.07) is 2.10. The Kier molecular flexibility index (Phi) is 13.7. The largest absolute Gasteiger partial charge is 0.466 e. The molecule has 11 atom stereocenters.